The Kier molecular flexibility index (Phi) is 4.38. The lowest BCUT2D eigenvalue weighted by Gasteiger charge is -2.12. The summed E-state index contributed by atoms with van der Waals surface area (Å²) in [6, 6.07) is 0.700. The van der Waals surface area contributed by atoms with Gasteiger partial charge in [-0.15, -0.1) is 0 Å². The van der Waals surface area contributed by atoms with Crippen molar-refractivity contribution < 1.29 is 22.0 Å². The maximum Gasteiger partial charge on any atom is 0.325 e. The summed E-state index contributed by atoms with van der Waals surface area (Å²) in [6.07, 6.45) is 3.29. The third-order valence-electron chi connectivity index (χ3n) is 3.08. The van der Waals surface area contributed by atoms with Crippen LogP contribution in [0.5, 0.6) is 0 Å². The predicted molar refractivity (Wildman–Crippen MR) is 89.1 cm³/mol. The molecule has 3 rings (SSSR count). The first-order chi connectivity index (χ1) is 12.2. The minimum absolute atomic E-state index is 0.0382. The molecule has 2 amide bonds. The molecule has 1 aromatic carbocycles. The number of rotatable bonds is 4. The van der Waals surface area contributed by atoms with E-state index in [9.17, 15) is 22.0 Å². The van der Waals surface area contributed by atoms with Crippen molar-refractivity contribution in [2.24, 2.45) is 0 Å². The Hall–Kier alpha value is -3.35. The summed E-state index contributed by atoms with van der Waals surface area (Å²) in [4.78, 5) is 26.3. The largest absolute Gasteiger partial charge is 0.340 e. The number of nitrogens with zero attached hydrogens (tertiary/aromatic N) is 3. The van der Waals surface area contributed by atoms with Crippen LogP contribution in [0, 0.1) is 11.6 Å². The molecule has 136 valence electrons. The van der Waals surface area contributed by atoms with Gasteiger partial charge in [0.1, 0.15) is 23.3 Å². The Morgan fingerprint density at radius 3 is 2.65 bits per heavy atom. The van der Waals surface area contributed by atoms with Crippen LogP contribution >= 0.6 is 0 Å². The molecule has 0 saturated heterocycles. The van der Waals surface area contributed by atoms with Crippen molar-refractivity contribution in [3.63, 3.8) is 0 Å². The standard InChI is InChI=1S/C13H11F2N7O3S/c1-26(24,25)22-7-3-2-6(14)9(8(7)15)20-13(23)21-12-10-11(17-4-16-10)18-5-19-12/h2-5,22H,1H3,(H3,16,17,18,19,20,21,23). The van der Waals surface area contributed by atoms with Gasteiger partial charge in [-0.2, -0.15) is 0 Å². The molecule has 4 N–H and O–H groups in total. The van der Waals surface area contributed by atoms with Gasteiger partial charge in [0.15, 0.2) is 17.3 Å². The van der Waals surface area contributed by atoms with Gasteiger partial charge < -0.3 is 10.3 Å². The number of benzene rings is 1. The molecule has 0 aliphatic carbocycles. The van der Waals surface area contributed by atoms with E-state index >= 15 is 0 Å². The van der Waals surface area contributed by atoms with Gasteiger partial charge in [0, 0.05) is 0 Å². The van der Waals surface area contributed by atoms with Crippen molar-refractivity contribution in [2.75, 3.05) is 21.6 Å². The topological polar surface area (TPSA) is 142 Å². The zero-order chi connectivity index (χ0) is 18.9. The third kappa shape index (κ3) is 3.66. The number of anilines is 3. The molecular formula is C13H11F2N7O3S. The number of hydrogen-bond acceptors (Lipinski definition) is 6. The lowest BCUT2D eigenvalue weighted by Crippen LogP contribution is -2.22. The second-order valence-corrected chi connectivity index (χ2v) is 6.81. The number of fused-ring (bicyclic) bond motifs is 1. The van der Waals surface area contributed by atoms with Gasteiger partial charge in [-0.25, -0.2) is 36.9 Å². The van der Waals surface area contributed by atoms with E-state index in [0.29, 0.717) is 5.52 Å². The Morgan fingerprint density at radius 1 is 1.15 bits per heavy atom. The van der Waals surface area contributed by atoms with Crippen molar-refractivity contribution in [1.82, 2.24) is 19.9 Å². The van der Waals surface area contributed by atoms with Crippen LogP contribution in [0.2, 0.25) is 0 Å². The van der Waals surface area contributed by atoms with Crippen LogP contribution in [0.25, 0.3) is 11.2 Å². The number of sulfonamides is 1. The van der Waals surface area contributed by atoms with E-state index < -0.39 is 39.1 Å². The minimum Gasteiger partial charge on any atom is -0.340 e. The van der Waals surface area contributed by atoms with E-state index in [1.807, 2.05) is 10.0 Å². The van der Waals surface area contributed by atoms with Gasteiger partial charge in [0.05, 0.1) is 18.3 Å². The highest BCUT2D eigenvalue weighted by Gasteiger charge is 2.19. The van der Waals surface area contributed by atoms with Gasteiger partial charge in [-0.05, 0) is 12.1 Å². The number of carbonyl (C=O) groups excluding carboxylic acids is 1. The van der Waals surface area contributed by atoms with Gasteiger partial charge in [0.25, 0.3) is 0 Å². The highest BCUT2D eigenvalue weighted by molar-refractivity contribution is 7.92. The van der Waals surface area contributed by atoms with E-state index in [0.717, 1.165) is 24.7 Å². The number of carbonyl (C=O) groups is 1. The van der Waals surface area contributed by atoms with Gasteiger partial charge >= 0.3 is 6.03 Å². The normalized spacial score (nSPS) is 11.3. The average Bonchev–Trinajstić information content (AvgIpc) is 3.03. The quantitative estimate of drug-likeness (QED) is 0.540. The smallest absolute Gasteiger partial charge is 0.325 e. The summed E-state index contributed by atoms with van der Waals surface area (Å²) in [5, 5.41) is 4.28. The van der Waals surface area contributed by atoms with E-state index in [-0.39, 0.29) is 11.5 Å². The van der Waals surface area contributed by atoms with Crippen LogP contribution in [0.1, 0.15) is 0 Å². The number of hydrogen-bond donors (Lipinski definition) is 4. The number of amides is 2. The van der Waals surface area contributed by atoms with Crippen molar-refractivity contribution in [2.45, 2.75) is 0 Å². The van der Waals surface area contributed by atoms with E-state index in [1.165, 1.54) is 6.33 Å². The number of H-pyrrole nitrogens is 1. The van der Waals surface area contributed by atoms with Crippen molar-refractivity contribution >= 4 is 44.4 Å². The molecule has 26 heavy (non-hydrogen) atoms. The molecule has 10 nitrogen and oxygen atoms in total. The maximum absolute atomic E-state index is 14.3. The zero-order valence-corrected chi connectivity index (χ0v) is 13.9. The van der Waals surface area contributed by atoms with Crippen LogP contribution in [0.4, 0.5) is 30.8 Å². The Labute approximate surface area is 145 Å². The highest BCUT2D eigenvalue weighted by atomic mass is 32.2. The monoisotopic (exact) mass is 383 g/mol. The van der Waals surface area contributed by atoms with Crippen LogP contribution in [0.3, 0.4) is 0 Å². The molecule has 0 aliphatic rings. The molecule has 0 radical (unpaired) electrons. The highest BCUT2D eigenvalue weighted by Crippen LogP contribution is 2.26. The molecular weight excluding hydrogens is 372 g/mol. The first-order valence-electron chi connectivity index (χ1n) is 6.92. The summed E-state index contributed by atoms with van der Waals surface area (Å²) in [7, 11) is -3.79. The van der Waals surface area contributed by atoms with Crippen molar-refractivity contribution in [3.05, 3.63) is 36.4 Å². The molecule has 2 aromatic heterocycles. The molecule has 0 aliphatic heterocycles. The lowest BCUT2D eigenvalue weighted by atomic mass is 10.2. The number of imidazole rings is 1. The summed E-state index contributed by atoms with van der Waals surface area (Å²) in [6.45, 7) is 0. The molecule has 0 unspecified atom stereocenters. The van der Waals surface area contributed by atoms with E-state index in [2.05, 4.69) is 25.3 Å². The van der Waals surface area contributed by atoms with Gasteiger partial charge in [0.2, 0.25) is 10.0 Å². The van der Waals surface area contributed by atoms with Crippen molar-refractivity contribution in [1.29, 1.82) is 0 Å². The first-order valence-corrected chi connectivity index (χ1v) is 8.81. The number of halogens is 2. The minimum atomic E-state index is -3.79. The molecule has 0 fully saturated rings. The molecule has 2 heterocycles. The molecule has 0 spiro atoms. The van der Waals surface area contributed by atoms with Crippen molar-refractivity contribution in [3.8, 4) is 0 Å². The molecule has 0 saturated carbocycles. The lowest BCUT2D eigenvalue weighted by molar-refractivity contribution is 0.262. The fourth-order valence-corrected chi connectivity index (χ4v) is 2.61. The molecule has 13 heteroatoms. The fraction of sp³-hybridized carbons (Fsp3) is 0.0769. The second-order valence-electron chi connectivity index (χ2n) is 5.06. The third-order valence-corrected chi connectivity index (χ3v) is 3.67. The summed E-state index contributed by atoms with van der Waals surface area (Å²) >= 11 is 0. The Morgan fingerprint density at radius 2 is 1.92 bits per heavy atom. The number of aromatic nitrogens is 4. The summed E-state index contributed by atoms with van der Waals surface area (Å²) in [5.41, 5.74) is -0.739. The molecule has 0 bridgehead atoms. The summed E-state index contributed by atoms with van der Waals surface area (Å²) < 4.78 is 52.5. The maximum atomic E-state index is 14.3. The molecule has 0 atom stereocenters. The van der Waals surface area contributed by atoms with Crippen LogP contribution in [-0.2, 0) is 10.0 Å². The Bertz CT molecular complexity index is 1100. The van der Waals surface area contributed by atoms with E-state index in [1.54, 1.807) is 0 Å². The van der Waals surface area contributed by atoms with Gasteiger partial charge in [-0.1, -0.05) is 0 Å². The zero-order valence-electron chi connectivity index (χ0n) is 13.0. The predicted octanol–water partition coefficient (Wildman–Crippen LogP) is 1.65. The first kappa shape index (κ1) is 17.5. The molecule has 3 aromatic rings. The van der Waals surface area contributed by atoms with Crippen LogP contribution < -0.4 is 15.4 Å². The average molecular weight is 383 g/mol. The Balaban J connectivity index is 1.85. The fourth-order valence-electron chi connectivity index (χ4n) is 2.06. The van der Waals surface area contributed by atoms with E-state index in [4.69, 9.17) is 0 Å². The number of urea groups is 1. The number of aromatic amines is 1. The van der Waals surface area contributed by atoms with Crippen LogP contribution in [-0.4, -0.2) is 40.6 Å². The number of nitrogens with one attached hydrogen (secondary N) is 4. The second kappa shape index (κ2) is 6.51. The SMILES string of the molecule is CS(=O)(=O)Nc1ccc(F)c(NC(=O)Nc2ncnc3nc[nH]c23)c1F. The van der Waals surface area contributed by atoms with Gasteiger partial charge in [-0.3, -0.25) is 10.0 Å². The van der Waals surface area contributed by atoms with Crippen LogP contribution in [0.15, 0.2) is 24.8 Å². The summed E-state index contributed by atoms with van der Waals surface area (Å²) in [5.74, 6) is -2.33.